The number of rotatable bonds is 4. The molecule has 0 atom stereocenters. The molecular weight excluding hydrogens is 308 g/mol. The molecule has 3 rings (SSSR count). The van der Waals surface area contributed by atoms with Gasteiger partial charge >= 0.3 is 0 Å². The van der Waals surface area contributed by atoms with Gasteiger partial charge in [-0.1, -0.05) is 61.3 Å². The van der Waals surface area contributed by atoms with Crippen molar-refractivity contribution in [1.29, 1.82) is 0 Å². The maximum absolute atomic E-state index is 13.0. The number of hydrogen-bond donors (Lipinski definition) is 0. The SMILES string of the molecule is CCCCC1=C(c2ccc(Cl)cc2)C(=O)c2ccccc2C1=O. The molecular formula is C20H17ClO2. The van der Waals surface area contributed by atoms with Crippen LogP contribution in [0.25, 0.3) is 5.57 Å². The molecule has 0 radical (unpaired) electrons. The Hall–Kier alpha value is -2.19. The van der Waals surface area contributed by atoms with Gasteiger partial charge in [0, 0.05) is 27.3 Å². The van der Waals surface area contributed by atoms with Crippen LogP contribution in [-0.2, 0) is 0 Å². The Kier molecular flexibility index (Phi) is 4.44. The van der Waals surface area contributed by atoms with Crippen LogP contribution in [0.15, 0.2) is 54.1 Å². The van der Waals surface area contributed by atoms with E-state index in [9.17, 15) is 9.59 Å². The molecule has 3 heteroatoms. The van der Waals surface area contributed by atoms with Crippen LogP contribution in [0.2, 0.25) is 5.02 Å². The molecule has 0 fully saturated rings. The standard InChI is InChI=1S/C20H17ClO2/c1-2-3-6-17-18(13-9-11-14(21)12-10-13)20(23)16-8-5-4-7-15(16)19(17)22/h4-5,7-12H,2-3,6H2,1H3. The number of halogens is 1. The summed E-state index contributed by atoms with van der Waals surface area (Å²) in [7, 11) is 0. The molecule has 2 aromatic rings. The predicted octanol–water partition coefficient (Wildman–Crippen LogP) is 5.36. The molecule has 0 N–H and O–H groups in total. The molecule has 0 saturated carbocycles. The van der Waals surface area contributed by atoms with Crippen molar-refractivity contribution >= 4 is 28.7 Å². The zero-order chi connectivity index (χ0) is 16.4. The van der Waals surface area contributed by atoms with Crippen molar-refractivity contribution in [3.05, 3.63) is 75.8 Å². The highest BCUT2D eigenvalue weighted by Crippen LogP contribution is 2.35. The highest BCUT2D eigenvalue weighted by Gasteiger charge is 2.31. The fourth-order valence-electron chi connectivity index (χ4n) is 2.94. The average molecular weight is 325 g/mol. The molecule has 0 spiro atoms. The summed E-state index contributed by atoms with van der Waals surface area (Å²) in [5.41, 5.74) is 2.91. The summed E-state index contributed by atoms with van der Waals surface area (Å²) in [5, 5.41) is 0.611. The third kappa shape index (κ3) is 2.87. The molecule has 1 aliphatic rings. The van der Waals surface area contributed by atoms with Crippen LogP contribution in [0, 0.1) is 0 Å². The fraction of sp³-hybridized carbons (Fsp3) is 0.200. The minimum Gasteiger partial charge on any atom is -0.289 e. The highest BCUT2D eigenvalue weighted by molar-refractivity contribution is 6.40. The number of carbonyl (C=O) groups excluding carboxylic acids is 2. The molecule has 0 unspecified atom stereocenters. The van der Waals surface area contributed by atoms with Crippen LogP contribution in [0.5, 0.6) is 0 Å². The van der Waals surface area contributed by atoms with Gasteiger partial charge in [-0.25, -0.2) is 0 Å². The van der Waals surface area contributed by atoms with Gasteiger partial charge in [0.1, 0.15) is 0 Å². The van der Waals surface area contributed by atoms with E-state index >= 15 is 0 Å². The Bertz CT molecular complexity index is 801. The summed E-state index contributed by atoms with van der Waals surface area (Å²) in [5.74, 6) is -0.104. The van der Waals surface area contributed by atoms with Crippen molar-refractivity contribution in [2.24, 2.45) is 0 Å². The maximum Gasteiger partial charge on any atom is 0.194 e. The lowest BCUT2D eigenvalue weighted by Gasteiger charge is -2.21. The molecule has 23 heavy (non-hydrogen) atoms. The Morgan fingerprint density at radius 3 is 2.09 bits per heavy atom. The normalized spacial score (nSPS) is 14.2. The summed E-state index contributed by atoms with van der Waals surface area (Å²) in [6, 6.07) is 14.2. The summed E-state index contributed by atoms with van der Waals surface area (Å²) in [6.45, 7) is 2.07. The fourth-order valence-corrected chi connectivity index (χ4v) is 3.07. The number of carbonyl (C=O) groups is 2. The van der Waals surface area contributed by atoms with E-state index in [1.165, 1.54) is 0 Å². The van der Waals surface area contributed by atoms with Crippen molar-refractivity contribution in [1.82, 2.24) is 0 Å². The minimum absolute atomic E-state index is 0.0291. The zero-order valence-electron chi connectivity index (χ0n) is 12.9. The Morgan fingerprint density at radius 2 is 1.48 bits per heavy atom. The zero-order valence-corrected chi connectivity index (χ0v) is 13.7. The van der Waals surface area contributed by atoms with E-state index in [0.29, 0.717) is 33.7 Å². The van der Waals surface area contributed by atoms with Crippen LogP contribution >= 0.6 is 11.6 Å². The monoisotopic (exact) mass is 324 g/mol. The van der Waals surface area contributed by atoms with Crippen LogP contribution < -0.4 is 0 Å². The molecule has 2 aromatic carbocycles. The topological polar surface area (TPSA) is 34.1 Å². The van der Waals surface area contributed by atoms with Crippen molar-refractivity contribution < 1.29 is 9.59 Å². The van der Waals surface area contributed by atoms with Crippen molar-refractivity contribution in [2.45, 2.75) is 26.2 Å². The molecule has 0 saturated heterocycles. The number of ketones is 2. The minimum atomic E-state index is -0.0753. The molecule has 0 aliphatic heterocycles. The third-order valence-electron chi connectivity index (χ3n) is 4.13. The van der Waals surface area contributed by atoms with Crippen molar-refractivity contribution in [2.75, 3.05) is 0 Å². The van der Waals surface area contributed by atoms with Gasteiger partial charge in [0.05, 0.1) is 0 Å². The summed E-state index contributed by atoms with van der Waals surface area (Å²) in [4.78, 5) is 25.9. The van der Waals surface area contributed by atoms with Gasteiger partial charge in [-0.3, -0.25) is 9.59 Å². The highest BCUT2D eigenvalue weighted by atomic mass is 35.5. The molecule has 0 amide bonds. The number of fused-ring (bicyclic) bond motifs is 1. The van der Waals surface area contributed by atoms with Crippen molar-refractivity contribution in [3.8, 4) is 0 Å². The second-order valence-electron chi connectivity index (χ2n) is 5.67. The number of allylic oxidation sites excluding steroid dienone is 2. The molecule has 116 valence electrons. The van der Waals surface area contributed by atoms with E-state index in [0.717, 1.165) is 18.4 Å². The first-order valence-corrected chi connectivity index (χ1v) is 8.18. The number of unbranched alkanes of at least 4 members (excludes halogenated alkanes) is 1. The van der Waals surface area contributed by atoms with Crippen LogP contribution in [-0.4, -0.2) is 11.6 Å². The van der Waals surface area contributed by atoms with Gasteiger partial charge in [0.15, 0.2) is 11.6 Å². The molecule has 0 aromatic heterocycles. The Balaban J connectivity index is 2.19. The Morgan fingerprint density at radius 1 is 0.870 bits per heavy atom. The van der Waals surface area contributed by atoms with E-state index in [1.807, 2.05) is 12.1 Å². The molecule has 2 nitrogen and oxygen atoms in total. The predicted molar refractivity (Wildman–Crippen MR) is 93.0 cm³/mol. The first-order valence-electron chi connectivity index (χ1n) is 7.81. The van der Waals surface area contributed by atoms with Crippen molar-refractivity contribution in [3.63, 3.8) is 0 Å². The van der Waals surface area contributed by atoms with E-state index < -0.39 is 0 Å². The maximum atomic E-state index is 13.0. The smallest absolute Gasteiger partial charge is 0.194 e. The average Bonchev–Trinajstić information content (AvgIpc) is 2.58. The molecule has 0 heterocycles. The van der Waals surface area contributed by atoms with Crippen LogP contribution in [0.4, 0.5) is 0 Å². The van der Waals surface area contributed by atoms with Gasteiger partial charge in [-0.15, -0.1) is 0 Å². The van der Waals surface area contributed by atoms with Gasteiger partial charge in [0.25, 0.3) is 0 Å². The largest absolute Gasteiger partial charge is 0.289 e. The number of Topliss-reactive ketones (excluding diaryl/α,β-unsaturated/α-hetero) is 2. The summed E-state index contributed by atoms with van der Waals surface area (Å²) in [6.07, 6.45) is 2.47. The summed E-state index contributed by atoms with van der Waals surface area (Å²) < 4.78 is 0. The first-order chi connectivity index (χ1) is 11.1. The van der Waals surface area contributed by atoms with E-state index in [4.69, 9.17) is 11.6 Å². The number of benzene rings is 2. The molecule has 1 aliphatic carbocycles. The second kappa shape index (κ2) is 6.51. The lowest BCUT2D eigenvalue weighted by atomic mass is 9.79. The van der Waals surface area contributed by atoms with Gasteiger partial charge in [-0.05, 0) is 30.5 Å². The van der Waals surface area contributed by atoms with E-state index in [-0.39, 0.29) is 11.6 Å². The van der Waals surface area contributed by atoms with Gasteiger partial charge in [0.2, 0.25) is 0 Å². The van der Waals surface area contributed by atoms with Gasteiger partial charge < -0.3 is 0 Å². The molecule has 0 bridgehead atoms. The van der Waals surface area contributed by atoms with Crippen LogP contribution in [0.3, 0.4) is 0 Å². The van der Waals surface area contributed by atoms with E-state index in [1.54, 1.807) is 36.4 Å². The first kappa shape index (κ1) is 15.7. The quantitative estimate of drug-likeness (QED) is 0.758. The van der Waals surface area contributed by atoms with Gasteiger partial charge in [-0.2, -0.15) is 0 Å². The lowest BCUT2D eigenvalue weighted by molar-refractivity contribution is 0.0988. The lowest BCUT2D eigenvalue weighted by Crippen LogP contribution is -2.21. The van der Waals surface area contributed by atoms with E-state index in [2.05, 4.69) is 6.92 Å². The van der Waals surface area contributed by atoms with Crippen LogP contribution in [0.1, 0.15) is 52.5 Å². The Labute approximate surface area is 140 Å². The number of hydrogen-bond acceptors (Lipinski definition) is 2. The second-order valence-corrected chi connectivity index (χ2v) is 6.10. The third-order valence-corrected chi connectivity index (χ3v) is 4.38. The summed E-state index contributed by atoms with van der Waals surface area (Å²) >= 11 is 5.95.